The lowest BCUT2D eigenvalue weighted by Crippen LogP contribution is -2.43. The van der Waals surface area contributed by atoms with Gasteiger partial charge >= 0.3 is 0 Å². The molecule has 0 bridgehead atoms. The highest BCUT2D eigenvalue weighted by Gasteiger charge is 2.20. The molecule has 1 aromatic rings. The van der Waals surface area contributed by atoms with Crippen molar-refractivity contribution in [2.24, 2.45) is 0 Å². The first kappa shape index (κ1) is 14.0. The number of rotatable bonds is 5. The molecule has 0 radical (unpaired) electrons. The quantitative estimate of drug-likeness (QED) is 0.821. The molecule has 1 saturated heterocycles. The van der Waals surface area contributed by atoms with E-state index in [1.54, 1.807) is 4.90 Å². The predicted molar refractivity (Wildman–Crippen MR) is 75.5 cm³/mol. The highest BCUT2D eigenvalue weighted by molar-refractivity contribution is 5.85. The molecule has 0 saturated carbocycles. The number of fused-ring (bicyclic) bond motifs is 1. The van der Waals surface area contributed by atoms with Crippen LogP contribution in [0, 0.1) is 0 Å². The normalized spacial score (nSPS) is 17.9. The Morgan fingerprint density at radius 2 is 2.05 bits per heavy atom. The first-order chi connectivity index (χ1) is 10.2. The zero-order valence-electron chi connectivity index (χ0n) is 12.2. The Bertz CT molecular complexity index is 539. The van der Waals surface area contributed by atoms with Crippen molar-refractivity contribution < 1.29 is 9.59 Å². The topological polar surface area (TPSA) is 80.1 Å². The number of aromatic nitrogens is 3. The van der Waals surface area contributed by atoms with Gasteiger partial charge in [-0.25, -0.2) is 0 Å². The van der Waals surface area contributed by atoms with E-state index in [0.717, 1.165) is 43.9 Å². The number of carbonyl (C=O) groups is 2. The minimum Gasteiger partial charge on any atom is -0.354 e. The van der Waals surface area contributed by atoms with E-state index in [1.807, 2.05) is 0 Å². The zero-order chi connectivity index (χ0) is 14.7. The molecule has 3 heterocycles. The Kier molecular flexibility index (Phi) is 4.17. The molecule has 1 fully saturated rings. The number of carbonyl (C=O) groups excluding carboxylic acids is 2. The number of nitrogens with one attached hydrogen (secondary N) is 1. The van der Waals surface area contributed by atoms with Crippen LogP contribution < -0.4 is 5.32 Å². The molecule has 7 heteroatoms. The van der Waals surface area contributed by atoms with Crippen LogP contribution in [0.3, 0.4) is 0 Å². The van der Waals surface area contributed by atoms with Crippen LogP contribution in [0.25, 0.3) is 0 Å². The second-order valence-corrected chi connectivity index (χ2v) is 5.66. The third-order valence-corrected chi connectivity index (χ3v) is 4.11. The molecular formula is C14H21N5O2. The highest BCUT2D eigenvalue weighted by Crippen LogP contribution is 2.14. The summed E-state index contributed by atoms with van der Waals surface area (Å²) in [5, 5.41) is 11.2. The van der Waals surface area contributed by atoms with E-state index in [1.165, 1.54) is 0 Å². The lowest BCUT2D eigenvalue weighted by Gasteiger charge is -2.25. The average molecular weight is 291 g/mol. The van der Waals surface area contributed by atoms with Gasteiger partial charge in [0.1, 0.15) is 11.6 Å². The summed E-state index contributed by atoms with van der Waals surface area (Å²) in [6, 6.07) is 0. The third-order valence-electron chi connectivity index (χ3n) is 4.11. The number of piperidine rings is 1. The molecule has 2 amide bonds. The van der Waals surface area contributed by atoms with Crippen LogP contribution in [0.5, 0.6) is 0 Å². The SMILES string of the molecule is O=C(CN1CCCCC1=O)NCCc1nnc2n1CCC2. The van der Waals surface area contributed by atoms with Crippen LogP contribution in [0.4, 0.5) is 0 Å². The van der Waals surface area contributed by atoms with E-state index in [-0.39, 0.29) is 18.4 Å². The summed E-state index contributed by atoms with van der Waals surface area (Å²) in [5.41, 5.74) is 0. The van der Waals surface area contributed by atoms with Crippen molar-refractivity contribution in [2.75, 3.05) is 19.6 Å². The predicted octanol–water partition coefficient (Wildman–Crippen LogP) is -0.104. The third kappa shape index (κ3) is 3.22. The summed E-state index contributed by atoms with van der Waals surface area (Å²) in [6.07, 6.45) is 5.31. The molecule has 2 aliphatic heterocycles. The fraction of sp³-hybridized carbons (Fsp3) is 0.714. The van der Waals surface area contributed by atoms with Crippen molar-refractivity contribution in [3.8, 4) is 0 Å². The van der Waals surface area contributed by atoms with Gasteiger partial charge in [-0.1, -0.05) is 0 Å². The highest BCUT2D eigenvalue weighted by atomic mass is 16.2. The summed E-state index contributed by atoms with van der Waals surface area (Å²) in [5.74, 6) is 1.99. The smallest absolute Gasteiger partial charge is 0.239 e. The van der Waals surface area contributed by atoms with Crippen molar-refractivity contribution >= 4 is 11.8 Å². The Labute approximate surface area is 123 Å². The van der Waals surface area contributed by atoms with E-state index in [4.69, 9.17) is 0 Å². The van der Waals surface area contributed by atoms with Gasteiger partial charge in [-0.2, -0.15) is 0 Å². The Hall–Kier alpha value is -1.92. The van der Waals surface area contributed by atoms with Gasteiger partial charge in [0, 0.05) is 38.9 Å². The van der Waals surface area contributed by atoms with E-state index in [2.05, 4.69) is 20.1 Å². The van der Waals surface area contributed by atoms with Gasteiger partial charge in [0.15, 0.2) is 0 Å². The molecule has 0 atom stereocenters. The second-order valence-electron chi connectivity index (χ2n) is 5.66. The molecule has 3 rings (SSSR count). The Balaban J connectivity index is 1.42. The molecule has 0 aromatic carbocycles. The molecule has 114 valence electrons. The molecule has 1 N–H and O–H groups in total. The van der Waals surface area contributed by atoms with Crippen molar-refractivity contribution in [3.05, 3.63) is 11.6 Å². The van der Waals surface area contributed by atoms with E-state index >= 15 is 0 Å². The first-order valence-electron chi connectivity index (χ1n) is 7.69. The van der Waals surface area contributed by atoms with E-state index in [0.29, 0.717) is 25.9 Å². The van der Waals surface area contributed by atoms with E-state index < -0.39 is 0 Å². The molecule has 2 aliphatic rings. The van der Waals surface area contributed by atoms with E-state index in [9.17, 15) is 9.59 Å². The molecule has 7 nitrogen and oxygen atoms in total. The van der Waals surface area contributed by atoms with Gasteiger partial charge in [-0.15, -0.1) is 10.2 Å². The number of nitrogens with zero attached hydrogens (tertiary/aromatic N) is 4. The molecule has 0 spiro atoms. The van der Waals surface area contributed by atoms with Gasteiger partial charge < -0.3 is 14.8 Å². The van der Waals surface area contributed by atoms with Crippen molar-refractivity contribution in [1.29, 1.82) is 0 Å². The zero-order valence-corrected chi connectivity index (χ0v) is 12.2. The molecule has 0 aliphatic carbocycles. The lowest BCUT2D eigenvalue weighted by atomic mass is 10.1. The van der Waals surface area contributed by atoms with Crippen molar-refractivity contribution in [2.45, 2.75) is 45.1 Å². The number of likely N-dealkylation sites (tertiary alicyclic amines) is 1. The summed E-state index contributed by atoms with van der Waals surface area (Å²) in [7, 11) is 0. The van der Waals surface area contributed by atoms with Crippen molar-refractivity contribution in [3.63, 3.8) is 0 Å². The first-order valence-corrected chi connectivity index (χ1v) is 7.69. The summed E-state index contributed by atoms with van der Waals surface area (Å²) in [6.45, 7) is 2.40. The molecule has 21 heavy (non-hydrogen) atoms. The maximum Gasteiger partial charge on any atom is 0.239 e. The largest absolute Gasteiger partial charge is 0.354 e. The van der Waals surface area contributed by atoms with Gasteiger partial charge in [-0.3, -0.25) is 9.59 Å². The molecular weight excluding hydrogens is 270 g/mol. The fourth-order valence-corrected chi connectivity index (χ4v) is 2.97. The standard InChI is InChI=1S/C14H21N5O2/c20-13(10-18-8-2-1-5-14(18)21)15-7-6-12-17-16-11-4-3-9-19(11)12/h1-10H2,(H,15,20). The van der Waals surface area contributed by atoms with Crippen LogP contribution >= 0.6 is 0 Å². The lowest BCUT2D eigenvalue weighted by molar-refractivity contribution is -0.137. The number of aryl methyl sites for hydroxylation is 1. The van der Waals surface area contributed by atoms with Gasteiger partial charge in [-0.05, 0) is 19.3 Å². The fourth-order valence-electron chi connectivity index (χ4n) is 2.97. The summed E-state index contributed by atoms with van der Waals surface area (Å²) < 4.78 is 2.14. The number of hydrogen-bond donors (Lipinski definition) is 1. The minimum absolute atomic E-state index is 0.0895. The van der Waals surface area contributed by atoms with Crippen molar-refractivity contribution in [1.82, 2.24) is 25.0 Å². The second kappa shape index (κ2) is 6.24. The van der Waals surface area contributed by atoms with Crippen LogP contribution in [0.1, 0.15) is 37.3 Å². The minimum atomic E-state index is -0.0913. The molecule has 1 aromatic heterocycles. The summed E-state index contributed by atoms with van der Waals surface area (Å²) in [4.78, 5) is 25.2. The molecule has 0 unspecified atom stereocenters. The van der Waals surface area contributed by atoms with Crippen LogP contribution in [-0.4, -0.2) is 51.1 Å². The van der Waals surface area contributed by atoms with Crippen LogP contribution in [0.15, 0.2) is 0 Å². The maximum atomic E-state index is 11.9. The maximum absolute atomic E-state index is 11.9. The monoisotopic (exact) mass is 291 g/mol. The Morgan fingerprint density at radius 1 is 1.14 bits per heavy atom. The Morgan fingerprint density at radius 3 is 2.90 bits per heavy atom. The van der Waals surface area contributed by atoms with Crippen LogP contribution in [0.2, 0.25) is 0 Å². The average Bonchev–Trinajstić information content (AvgIpc) is 3.06. The number of hydrogen-bond acceptors (Lipinski definition) is 4. The van der Waals surface area contributed by atoms with Crippen LogP contribution in [-0.2, 0) is 29.0 Å². The van der Waals surface area contributed by atoms with Gasteiger partial charge in [0.05, 0.1) is 6.54 Å². The van der Waals surface area contributed by atoms with Gasteiger partial charge in [0.25, 0.3) is 0 Å². The van der Waals surface area contributed by atoms with Gasteiger partial charge in [0.2, 0.25) is 11.8 Å². The number of amides is 2. The summed E-state index contributed by atoms with van der Waals surface area (Å²) >= 11 is 0.